The molecule has 4 nitrogen and oxygen atoms in total. The lowest BCUT2D eigenvalue weighted by atomic mass is 10.3. The summed E-state index contributed by atoms with van der Waals surface area (Å²) in [6.45, 7) is 1.72. The average molecular weight is 228 g/mol. The summed E-state index contributed by atoms with van der Waals surface area (Å²) in [5.74, 6) is 0.138. The molecule has 0 bridgehead atoms. The number of pyridine rings is 1. The van der Waals surface area contributed by atoms with Gasteiger partial charge in [-0.05, 0) is 19.1 Å². The predicted molar refractivity (Wildman–Crippen MR) is 51.8 cm³/mol. The van der Waals surface area contributed by atoms with E-state index in [2.05, 4.69) is 15.2 Å². The molecule has 0 aliphatic carbocycles. The largest absolute Gasteiger partial charge is 0.418 e. The second-order valence-electron chi connectivity index (χ2n) is 2.92. The van der Waals surface area contributed by atoms with Crippen molar-refractivity contribution in [2.75, 3.05) is 0 Å². The van der Waals surface area contributed by atoms with Crippen LogP contribution in [0, 0.1) is 5.82 Å². The lowest BCUT2D eigenvalue weighted by Gasteiger charge is -1.94. The molecule has 0 saturated carbocycles. The van der Waals surface area contributed by atoms with Crippen molar-refractivity contribution in [1.82, 2.24) is 15.2 Å². The molecule has 6 heteroatoms. The van der Waals surface area contributed by atoms with Crippen molar-refractivity contribution in [2.24, 2.45) is 0 Å². The average Bonchev–Trinajstić information content (AvgIpc) is 2.68. The fourth-order valence-corrected chi connectivity index (χ4v) is 1.09. The van der Waals surface area contributed by atoms with E-state index in [-0.39, 0.29) is 11.3 Å². The van der Waals surface area contributed by atoms with Gasteiger partial charge in [-0.1, -0.05) is 0 Å². The van der Waals surface area contributed by atoms with Crippen molar-refractivity contribution < 1.29 is 8.81 Å². The molecule has 78 valence electrons. The minimum Gasteiger partial charge on any atom is -0.418 e. The molecule has 15 heavy (non-hydrogen) atoms. The first-order valence-electron chi connectivity index (χ1n) is 4.26. The number of alkyl halides is 1. The van der Waals surface area contributed by atoms with E-state index in [0.717, 1.165) is 6.20 Å². The van der Waals surface area contributed by atoms with Gasteiger partial charge < -0.3 is 4.42 Å². The summed E-state index contributed by atoms with van der Waals surface area (Å²) in [4.78, 5) is 3.81. The van der Waals surface area contributed by atoms with Crippen LogP contribution in [-0.4, -0.2) is 15.2 Å². The van der Waals surface area contributed by atoms with Gasteiger partial charge in [0.1, 0.15) is 16.9 Å². The Labute approximate surface area is 90.1 Å². The quantitative estimate of drug-likeness (QED) is 0.740. The van der Waals surface area contributed by atoms with Gasteiger partial charge in [0.15, 0.2) is 0 Å². The van der Waals surface area contributed by atoms with E-state index in [1.54, 1.807) is 6.92 Å². The van der Waals surface area contributed by atoms with Gasteiger partial charge in [0.25, 0.3) is 5.89 Å². The maximum atomic E-state index is 12.6. The minimum atomic E-state index is -0.413. The Bertz CT molecular complexity index is 455. The van der Waals surface area contributed by atoms with Crippen LogP contribution in [0.25, 0.3) is 11.6 Å². The van der Waals surface area contributed by atoms with Crippen molar-refractivity contribution in [3.8, 4) is 11.6 Å². The highest BCUT2D eigenvalue weighted by molar-refractivity contribution is 6.20. The molecule has 2 aromatic heterocycles. The van der Waals surface area contributed by atoms with Crippen LogP contribution in [0.4, 0.5) is 4.39 Å². The number of halogens is 2. The van der Waals surface area contributed by atoms with Crippen molar-refractivity contribution in [2.45, 2.75) is 12.3 Å². The maximum absolute atomic E-state index is 12.6. The second-order valence-corrected chi connectivity index (χ2v) is 3.58. The van der Waals surface area contributed by atoms with Gasteiger partial charge in [0.2, 0.25) is 5.89 Å². The van der Waals surface area contributed by atoms with Gasteiger partial charge in [0, 0.05) is 0 Å². The summed E-state index contributed by atoms with van der Waals surface area (Å²) in [5, 5.41) is 7.13. The molecule has 2 rings (SSSR count). The molecule has 0 fully saturated rings. The van der Waals surface area contributed by atoms with Crippen LogP contribution in [0.2, 0.25) is 0 Å². The molecule has 0 radical (unpaired) electrons. The minimum absolute atomic E-state index is 0.234. The highest BCUT2D eigenvalue weighted by Crippen LogP contribution is 2.21. The first-order chi connectivity index (χ1) is 7.16. The highest BCUT2D eigenvalue weighted by atomic mass is 35.5. The van der Waals surface area contributed by atoms with E-state index >= 15 is 0 Å². The molecular formula is C9H7ClFN3O. The van der Waals surface area contributed by atoms with Crippen LogP contribution in [-0.2, 0) is 0 Å². The van der Waals surface area contributed by atoms with E-state index < -0.39 is 5.82 Å². The first kappa shape index (κ1) is 10.0. The Hall–Kier alpha value is -1.49. The lowest BCUT2D eigenvalue weighted by Crippen LogP contribution is -1.84. The Morgan fingerprint density at radius 3 is 2.73 bits per heavy atom. The number of nitrogens with zero attached hydrogens (tertiary/aromatic N) is 3. The molecule has 0 amide bonds. The standard InChI is InChI=1S/C9H7ClFN3O/c1-5(10)8-13-14-9(15-8)7-3-2-6(11)4-12-7/h2-5H,1H3. The molecule has 0 spiro atoms. The van der Waals surface area contributed by atoms with Crippen LogP contribution in [0.3, 0.4) is 0 Å². The zero-order valence-electron chi connectivity index (χ0n) is 7.82. The summed E-state index contributed by atoms with van der Waals surface area (Å²) in [6.07, 6.45) is 1.09. The van der Waals surface area contributed by atoms with E-state index in [1.165, 1.54) is 12.1 Å². The molecule has 0 aliphatic rings. The van der Waals surface area contributed by atoms with Gasteiger partial charge in [-0.15, -0.1) is 21.8 Å². The molecule has 2 aromatic rings. The zero-order valence-corrected chi connectivity index (χ0v) is 8.57. The Balaban J connectivity index is 2.33. The van der Waals surface area contributed by atoms with E-state index in [0.29, 0.717) is 11.6 Å². The van der Waals surface area contributed by atoms with Crippen LogP contribution in [0.1, 0.15) is 18.2 Å². The molecule has 1 unspecified atom stereocenters. The summed E-state index contributed by atoms with van der Waals surface area (Å²) >= 11 is 5.75. The Morgan fingerprint density at radius 1 is 1.40 bits per heavy atom. The number of hydrogen-bond donors (Lipinski definition) is 0. The third-order valence-electron chi connectivity index (χ3n) is 1.73. The molecule has 0 N–H and O–H groups in total. The van der Waals surface area contributed by atoms with E-state index in [4.69, 9.17) is 16.0 Å². The maximum Gasteiger partial charge on any atom is 0.266 e. The van der Waals surface area contributed by atoms with Crippen LogP contribution < -0.4 is 0 Å². The number of aromatic nitrogens is 3. The van der Waals surface area contributed by atoms with Crippen LogP contribution in [0.15, 0.2) is 22.7 Å². The Morgan fingerprint density at radius 2 is 2.20 bits per heavy atom. The molecular weight excluding hydrogens is 221 g/mol. The summed E-state index contributed by atoms with van der Waals surface area (Å²) in [7, 11) is 0. The number of rotatable bonds is 2. The van der Waals surface area contributed by atoms with Crippen LogP contribution in [0.5, 0.6) is 0 Å². The SMILES string of the molecule is CC(Cl)c1nnc(-c2ccc(F)cn2)o1. The highest BCUT2D eigenvalue weighted by Gasteiger charge is 2.13. The van der Waals surface area contributed by atoms with Crippen molar-refractivity contribution in [3.05, 3.63) is 30.0 Å². The summed E-state index contributed by atoms with van der Waals surface area (Å²) < 4.78 is 17.8. The number of hydrogen-bond acceptors (Lipinski definition) is 4. The van der Waals surface area contributed by atoms with E-state index in [9.17, 15) is 4.39 Å². The third kappa shape index (κ3) is 2.12. The summed E-state index contributed by atoms with van der Waals surface area (Å²) in [5.41, 5.74) is 0.424. The van der Waals surface area contributed by atoms with E-state index in [1.807, 2.05) is 0 Å². The lowest BCUT2D eigenvalue weighted by molar-refractivity contribution is 0.505. The summed E-state index contributed by atoms with van der Waals surface area (Å²) in [6, 6.07) is 2.74. The van der Waals surface area contributed by atoms with Gasteiger partial charge in [0.05, 0.1) is 6.20 Å². The van der Waals surface area contributed by atoms with Gasteiger partial charge >= 0.3 is 0 Å². The fraction of sp³-hybridized carbons (Fsp3) is 0.222. The Kier molecular flexibility index (Phi) is 2.64. The molecule has 0 aliphatic heterocycles. The molecule has 0 aromatic carbocycles. The zero-order chi connectivity index (χ0) is 10.8. The third-order valence-corrected chi connectivity index (χ3v) is 1.91. The monoisotopic (exact) mass is 227 g/mol. The van der Waals surface area contributed by atoms with Crippen molar-refractivity contribution in [1.29, 1.82) is 0 Å². The normalized spacial score (nSPS) is 12.7. The topological polar surface area (TPSA) is 51.8 Å². The van der Waals surface area contributed by atoms with Gasteiger partial charge in [-0.2, -0.15) is 0 Å². The molecule has 1 atom stereocenters. The van der Waals surface area contributed by atoms with Crippen molar-refractivity contribution >= 4 is 11.6 Å². The van der Waals surface area contributed by atoms with Gasteiger partial charge in [-0.3, -0.25) is 0 Å². The van der Waals surface area contributed by atoms with Gasteiger partial charge in [-0.25, -0.2) is 9.37 Å². The smallest absolute Gasteiger partial charge is 0.266 e. The second kappa shape index (κ2) is 3.94. The molecule has 0 saturated heterocycles. The first-order valence-corrected chi connectivity index (χ1v) is 4.70. The van der Waals surface area contributed by atoms with Crippen LogP contribution >= 0.6 is 11.6 Å². The molecule has 2 heterocycles. The fourth-order valence-electron chi connectivity index (χ4n) is 1.00. The van der Waals surface area contributed by atoms with Crippen molar-refractivity contribution in [3.63, 3.8) is 0 Å². The predicted octanol–water partition coefficient (Wildman–Crippen LogP) is 2.57.